The van der Waals surface area contributed by atoms with Crippen LogP contribution in [0.25, 0.3) is 0 Å². The Kier molecular flexibility index (Phi) is 5.01. The van der Waals surface area contributed by atoms with Crippen molar-refractivity contribution in [1.82, 2.24) is 10.2 Å². The van der Waals surface area contributed by atoms with Crippen molar-refractivity contribution in [2.45, 2.75) is 52.6 Å². The van der Waals surface area contributed by atoms with Crippen LogP contribution in [0.3, 0.4) is 0 Å². The standard InChI is InChI=1S/C15H30N2S/c1-12(2)17-7-5-13(10-17)9-16-14-11-18-8-6-15(14,3)4/h12-14,16H,5-11H2,1-4H3. The van der Waals surface area contributed by atoms with Crippen LogP contribution in [0.2, 0.25) is 0 Å². The largest absolute Gasteiger partial charge is 0.312 e. The summed E-state index contributed by atoms with van der Waals surface area (Å²) < 4.78 is 0. The van der Waals surface area contributed by atoms with E-state index in [0.717, 1.165) is 12.0 Å². The summed E-state index contributed by atoms with van der Waals surface area (Å²) in [5.74, 6) is 3.51. The third-order valence-electron chi connectivity index (χ3n) is 4.82. The van der Waals surface area contributed by atoms with Crippen LogP contribution in [-0.4, -0.2) is 48.1 Å². The molecule has 0 aromatic carbocycles. The number of thioether (sulfide) groups is 1. The van der Waals surface area contributed by atoms with Crippen molar-refractivity contribution >= 4 is 11.8 Å². The molecule has 0 aliphatic carbocycles. The van der Waals surface area contributed by atoms with Gasteiger partial charge in [0.15, 0.2) is 0 Å². The van der Waals surface area contributed by atoms with Gasteiger partial charge in [0, 0.05) is 24.4 Å². The molecule has 0 bridgehead atoms. The second-order valence-electron chi connectivity index (χ2n) is 7.02. The highest BCUT2D eigenvalue weighted by Gasteiger charge is 2.33. The first-order valence-electron chi connectivity index (χ1n) is 7.54. The van der Waals surface area contributed by atoms with Crippen LogP contribution < -0.4 is 5.32 Å². The maximum absolute atomic E-state index is 3.87. The molecule has 0 aromatic rings. The first-order chi connectivity index (χ1) is 8.49. The van der Waals surface area contributed by atoms with Crippen molar-refractivity contribution in [1.29, 1.82) is 0 Å². The van der Waals surface area contributed by atoms with Crippen molar-refractivity contribution in [2.24, 2.45) is 11.3 Å². The summed E-state index contributed by atoms with van der Waals surface area (Å²) in [6.07, 6.45) is 2.74. The summed E-state index contributed by atoms with van der Waals surface area (Å²) in [5, 5.41) is 3.87. The predicted molar refractivity (Wildman–Crippen MR) is 82.3 cm³/mol. The molecule has 2 saturated heterocycles. The van der Waals surface area contributed by atoms with E-state index >= 15 is 0 Å². The molecule has 18 heavy (non-hydrogen) atoms. The number of nitrogens with one attached hydrogen (secondary N) is 1. The Labute approximate surface area is 117 Å². The molecule has 2 aliphatic rings. The van der Waals surface area contributed by atoms with Gasteiger partial charge in [-0.2, -0.15) is 11.8 Å². The van der Waals surface area contributed by atoms with E-state index in [1.807, 2.05) is 0 Å². The summed E-state index contributed by atoms with van der Waals surface area (Å²) in [6, 6.07) is 1.43. The summed E-state index contributed by atoms with van der Waals surface area (Å²) >= 11 is 2.12. The lowest BCUT2D eigenvalue weighted by Crippen LogP contribution is -2.48. The van der Waals surface area contributed by atoms with Gasteiger partial charge in [0.1, 0.15) is 0 Å². The van der Waals surface area contributed by atoms with Crippen molar-refractivity contribution in [3.8, 4) is 0 Å². The molecular weight excluding hydrogens is 240 g/mol. The van der Waals surface area contributed by atoms with E-state index in [4.69, 9.17) is 0 Å². The van der Waals surface area contributed by atoms with E-state index in [0.29, 0.717) is 11.5 Å². The fourth-order valence-corrected chi connectivity index (χ4v) is 4.72. The quantitative estimate of drug-likeness (QED) is 0.846. The molecule has 2 nitrogen and oxygen atoms in total. The van der Waals surface area contributed by atoms with Crippen LogP contribution in [-0.2, 0) is 0 Å². The SMILES string of the molecule is CC(C)N1CCC(CNC2CSCCC2(C)C)C1. The Morgan fingerprint density at radius 1 is 1.39 bits per heavy atom. The highest BCUT2D eigenvalue weighted by Crippen LogP contribution is 2.34. The van der Waals surface area contributed by atoms with Crippen LogP contribution in [0, 0.1) is 11.3 Å². The number of nitrogens with zero attached hydrogens (tertiary/aromatic N) is 1. The molecule has 2 heterocycles. The molecule has 2 rings (SSSR count). The topological polar surface area (TPSA) is 15.3 Å². The first kappa shape index (κ1) is 14.7. The molecule has 106 valence electrons. The Hall–Kier alpha value is 0.270. The highest BCUT2D eigenvalue weighted by molar-refractivity contribution is 7.99. The highest BCUT2D eigenvalue weighted by atomic mass is 32.2. The molecular formula is C15H30N2S. The minimum Gasteiger partial charge on any atom is -0.312 e. The summed E-state index contributed by atoms with van der Waals surface area (Å²) in [7, 11) is 0. The Morgan fingerprint density at radius 2 is 2.17 bits per heavy atom. The summed E-state index contributed by atoms with van der Waals surface area (Å²) in [4.78, 5) is 2.62. The average Bonchev–Trinajstić information content (AvgIpc) is 2.76. The van der Waals surface area contributed by atoms with Gasteiger partial charge in [0.25, 0.3) is 0 Å². The molecule has 0 radical (unpaired) electrons. The minimum absolute atomic E-state index is 0.488. The second kappa shape index (κ2) is 6.15. The smallest absolute Gasteiger partial charge is 0.0209 e. The van der Waals surface area contributed by atoms with Crippen LogP contribution in [0.15, 0.2) is 0 Å². The fraction of sp³-hybridized carbons (Fsp3) is 1.00. The first-order valence-corrected chi connectivity index (χ1v) is 8.69. The van der Waals surface area contributed by atoms with Gasteiger partial charge in [-0.15, -0.1) is 0 Å². The third-order valence-corrected chi connectivity index (χ3v) is 5.88. The molecule has 2 unspecified atom stereocenters. The number of hydrogen-bond donors (Lipinski definition) is 1. The predicted octanol–water partition coefficient (Wildman–Crippen LogP) is 2.84. The van der Waals surface area contributed by atoms with E-state index in [1.54, 1.807) is 0 Å². The second-order valence-corrected chi connectivity index (χ2v) is 8.17. The van der Waals surface area contributed by atoms with E-state index in [1.165, 1.54) is 44.0 Å². The minimum atomic E-state index is 0.488. The van der Waals surface area contributed by atoms with Gasteiger partial charge in [-0.05, 0) is 56.9 Å². The van der Waals surface area contributed by atoms with Gasteiger partial charge >= 0.3 is 0 Å². The average molecular weight is 270 g/mol. The zero-order chi connectivity index (χ0) is 13.2. The molecule has 1 N–H and O–H groups in total. The van der Waals surface area contributed by atoms with Gasteiger partial charge in [-0.1, -0.05) is 13.8 Å². The van der Waals surface area contributed by atoms with Crippen LogP contribution >= 0.6 is 11.8 Å². The molecule has 2 fully saturated rings. The lowest BCUT2D eigenvalue weighted by atomic mass is 9.82. The molecule has 3 heteroatoms. The molecule has 0 spiro atoms. The van der Waals surface area contributed by atoms with Crippen molar-refractivity contribution < 1.29 is 0 Å². The van der Waals surface area contributed by atoms with Gasteiger partial charge in [-0.25, -0.2) is 0 Å². The van der Waals surface area contributed by atoms with Crippen LogP contribution in [0.1, 0.15) is 40.5 Å². The molecule has 2 atom stereocenters. The Morgan fingerprint density at radius 3 is 2.78 bits per heavy atom. The van der Waals surface area contributed by atoms with Gasteiger partial charge in [0.2, 0.25) is 0 Å². The van der Waals surface area contributed by atoms with Crippen LogP contribution in [0.5, 0.6) is 0 Å². The lowest BCUT2D eigenvalue weighted by Gasteiger charge is -2.39. The number of hydrogen-bond acceptors (Lipinski definition) is 3. The van der Waals surface area contributed by atoms with E-state index in [-0.39, 0.29) is 0 Å². The van der Waals surface area contributed by atoms with E-state index in [9.17, 15) is 0 Å². The van der Waals surface area contributed by atoms with E-state index in [2.05, 4.69) is 49.7 Å². The summed E-state index contributed by atoms with van der Waals surface area (Å²) in [5.41, 5.74) is 0.488. The molecule has 0 saturated carbocycles. The lowest BCUT2D eigenvalue weighted by molar-refractivity contribution is 0.229. The van der Waals surface area contributed by atoms with Crippen molar-refractivity contribution in [2.75, 3.05) is 31.1 Å². The maximum atomic E-state index is 3.87. The van der Waals surface area contributed by atoms with E-state index < -0.39 is 0 Å². The monoisotopic (exact) mass is 270 g/mol. The van der Waals surface area contributed by atoms with Gasteiger partial charge in [0.05, 0.1) is 0 Å². The van der Waals surface area contributed by atoms with Gasteiger partial charge < -0.3 is 10.2 Å². The molecule has 2 aliphatic heterocycles. The Balaban J connectivity index is 1.75. The third kappa shape index (κ3) is 3.64. The number of rotatable bonds is 4. The van der Waals surface area contributed by atoms with Crippen LogP contribution in [0.4, 0.5) is 0 Å². The zero-order valence-electron chi connectivity index (χ0n) is 12.5. The summed E-state index contributed by atoms with van der Waals surface area (Å²) in [6.45, 7) is 13.3. The maximum Gasteiger partial charge on any atom is 0.0209 e. The van der Waals surface area contributed by atoms with Gasteiger partial charge in [-0.3, -0.25) is 0 Å². The molecule has 0 amide bonds. The molecule has 0 aromatic heterocycles. The Bertz CT molecular complexity index is 265. The normalized spacial score (nSPS) is 33.2. The fourth-order valence-electron chi connectivity index (χ4n) is 3.08. The van der Waals surface area contributed by atoms with Crippen molar-refractivity contribution in [3.63, 3.8) is 0 Å². The number of likely N-dealkylation sites (tertiary alicyclic amines) is 1. The van der Waals surface area contributed by atoms with Crippen molar-refractivity contribution in [3.05, 3.63) is 0 Å². The zero-order valence-corrected chi connectivity index (χ0v) is 13.4.